The van der Waals surface area contributed by atoms with Crippen molar-refractivity contribution in [2.45, 2.75) is 6.54 Å². The van der Waals surface area contributed by atoms with Gasteiger partial charge in [-0.2, -0.15) is 5.10 Å². The first-order valence-corrected chi connectivity index (χ1v) is 7.71. The van der Waals surface area contributed by atoms with Gasteiger partial charge in [0, 0.05) is 11.6 Å². The zero-order valence-electron chi connectivity index (χ0n) is 13.4. The van der Waals surface area contributed by atoms with E-state index in [1.807, 2.05) is 30.5 Å². The van der Waals surface area contributed by atoms with Crippen molar-refractivity contribution < 1.29 is 13.9 Å². The number of aromatic amines is 1. The van der Waals surface area contributed by atoms with Crippen LogP contribution in [0.3, 0.4) is 0 Å². The number of anilines is 1. The van der Waals surface area contributed by atoms with Crippen LogP contribution in [0.5, 0.6) is 5.75 Å². The van der Waals surface area contributed by atoms with Gasteiger partial charge in [0.25, 0.3) is 0 Å². The van der Waals surface area contributed by atoms with E-state index in [0.717, 1.165) is 16.7 Å². The van der Waals surface area contributed by atoms with Gasteiger partial charge in [0.2, 0.25) is 5.91 Å². The summed E-state index contributed by atoms with van der Waals surface area (Å²) >= 11 is 0. The van der Waals surface area contributed by atoms with Crippen LogP contribution >= 0.6 is 0 Å². The number of H-pyrrole nitrogens is 1. The normalized spacial score (nSPS) is 11.1. The highest BCUT2D eigenvalue weighted by Crippen LogP contribution is 2.27. The second kappa shape index (κ2) is 5.94. The van der Waals surface area contributed by atoms with E-state index in [1.165, 1.54) is 6.07 Å². The number of carbonyl (C=O) groups is 1. The number of hydrogen-bond donors (Lipinski definition) is 2. The van der Waals surface area contributed by atoms with Gasteiger partial charge in [0.05, 0.1) is 23.5 Å². The molecule has 126 valence electrons. The van der Waals surface area contributed by atoms with Crippen molar-refractivity contribution in [3.8, 4) is 5.75 Å². The van der Waals surface area contributed by atoms with E-state index >= 15 is 0 Å². The quantitative estimate of drug-likeness (QED) is 0.600. The van der Waals surface area contributed by atoms with Crippen LogP contribution < -0.4 is 10.1 Å². The number of rotatable bonds is 4. The number of hydrogen-bond acceptors (Lipinski definition) is 3. The molecule has 6 nitrogen and oxygen atoms in total. The van der Waals surface area contributed by atoms with E-state index in [9.17, 15) is 9.18 Å². The summed E-state index contributed by atoms with van der Waals surface area (Å²) in [6.45, 7) is 0.0828. The van der Waals surface area contributed by atoms with Gasteiger partial charge in [-0.25, -0.2) is 4.39 Å². The minimum absolute atomic E-state index is 0.0828. The Bertz CT molecular complexity index is 1080. The number of amides is 1. The van der Waals surface area contributed by atoms with Crippen molar-refractivity contribution in [1.82, 2.24) is 14.8 Å². The summed E-state index contributed by atoms with van der Waals surface area (Å²) in [5.41, 5.74) is 1.42. The number of aromatic nitrogens is 3. The third kappa shape index (κ3) is 2.59. The Hall–Kier alpha value is -3.35. The molecular weight excluding hydrogens is 323 g/mol. The summed E-state index contributed by atoms with van der Waals surface area (Å²) in [4.78, 5) is 12.4. The molecule has 0 spiro atoms. The van der Waals surface area contributed by atoms with Crippen LogP contribution in [0.2, 0.25) is 0 Å². The molecule has 7 heteroatoms. The molecule has 0 saturated heterocycles. The standard InChI is InChI=1S/C18H15FN4O2/c1-25-15-7-3-6-14-11(15)8-9-23(14)10-16(24)20-18-17-12(19)4-2-5-13(17)21-22-18/h2-9H,10H2,1H3,(H2,20,21,22,24). The van der Waals surface area contributed by atoms with E-state index in [2.05, 4.69) is 15.5 Å². The molecule has 0 aliphatic rings. The second-order valence-electron chi connectivity index (χ2n) is 5.62. The zero-order valence-corrected chi connectivity index (χ0v) is 13.4. The van der Waals surface area contributed by atoms with Crippen molar-refractivity contribution in [1.29, 1.82) is 0 Å². The third-order valence-corrected chi connectivity index (χ3v) is 4.10. The first-order chi connectivity index (χ1) is 12.2. The molecular formula is C18H15FN4O2. The van der Waals surface area contributed by atoms with Gasteiger partial charge in [-0.3, -0.25) is 9.89 Å². The number of methoxy groups -OCH3 is 1. The minimum atomic E-state index is -0.433. The molecule has 2 aromatic heterocycles. The number of ether oxygens (including phenoxy) is 1. The van der Waals surface area contributed by atoms with Gasteiger partial charge in [-0.1, -0.05) is 12.1 Å². The highest BCUT2D eigenvalue weighted by Gasteiger charge is 2.14. The summed E-state index contributed by atoms with van der Waals surface area (Å²) in [7, 11) is 1.61. The lowest BCUT2D eigenvalue weighted by Gasteiger charge is -2.07. The Morgan fingerprint density at radius 1 is 1.28 bits per heavy atom. The van der Waals surface area contributed by atoms with E-state index in [-0.39, 0.29) is 23.7 Å². The molecule has 25 heavy (non-hydrogen) atoms. The number of nitrogens with zero attached hydrogens (tertiary/aromatic N) is 2. The van der Waals surface area contributed by atoms with Crippen molar-refractivity contribution in [2.24, 2.45) is 0 Å². The smallest absolute Gasteiger partial charge is 0.245 e. The van der Waals surface area contributed by atoms with Crippen LogP contribution in [0.25, 0.3) is 21.8 Å². The Morgan fingerprint density at radius 2 is 2.12 bits per heavy atom. The van der Waals surface area contributed by atoms with Crippen molar-refractivity contribution >= 4 is 33.5 Å². The van der Waals surface area contributed by atoms with Crippen molar-refractivity contribution in [3.63, 3.8) is 0 Å². The predicted molar refractivity (Wildman–Crippen MR) is 93.2 cm³/mol. The molecule has 4 rings (SSSR count). The monoisotopic (exact) mass is 338 g/mol. The molecule has 2 heterocycles. The van der Waals surface area contributed by atoms with Crippen LogP contribution in [-0.2, 0) is 11.3 Å². The molecule has 0 atom stereocenters. The Balaban J connectivity index is 1.60. The Kier molecular flexibility index (Phi) is 3.61. The van der Waals surface area contributed by atoms with E-state index in [0.29, 0.717) is 5.52 Å². The fraction of sp³-hybridized carbons (Fsp3) is 0.111. The van der Waals surface area contributed by atoms with Gasteiger partial charge >= 0.3 is 0 Å². The highest BCUT2D eigenvalue weighted by molar-refractivity contribution is 6.00. The predicted octanol–water partition coefficient (Wildman–Crippen LogP) is 3.30. The topological polar surface area (TPSA) is 71.9 Å². The minimum Gasteiger partial charge on any atom is -0.496 e. The van der Waals surface area contributed by atoms with E-state index in [1.54, 1.807) is 23.8 Å². The van der Waals surface area contributed by atoms with Crippen LogP contribution in [0.15, 0.2) is 48.7 Å². The van der Waals surface area contributed by atoms with Crippen molar-refractivity contribution in [2.75, 3.05) is 12.4 Å². The second-order valence-corrected chi connectivity index (χ2v) is 5.62. The molecule has 0 unspecified atom stereocenters. The largest absolute Gasteiger partial charge is 0.496 e. The first-order valence-electron chi connectivity index (χ1n) is 7.71. The lowest BCUT2D eigenvalue weighted by molar-refractivity contribution is -0.116. The van der Waals surface area contributed by atoms with E-state index < -0.39 is 5.82 Å². The first kappa shape index (κ1) is 15.2. The molecule has 0 aliphatic heterocycles. The summed E-state index contributed by atoms with van der Waals surface area (Å²) in [6.07, 6.45) is 1.82. The lowest BCUT2D eigenvalue weighted by Crippen LogP contribution is -2.18. The molecule has 0 saturated carbocycles. The molecule has 0 fully saturated rings. The van der Waals surface area contributed by atoms with Gasteiger partial charge in [-0.05, 0) is 30.3 Å². The van der Waals surface area contributed by atoms with E-state index in [4.69, 9.17) is 4.74 Å². The van der Waals surface area contributed by atoms with Gasteiger partial charge < -0.3 is 14.6 Å². The average molecular weight is 338 g/mol. The molecule has 2 N–H and O–H groups in total. The summed E-state index contributed by atoms with van der Waals surface area (Å²) in [5, 5.41) is 10.6. The van der Waals surface area contributed by atoms with Crippen LogP contribution in [0, 0.1) is 5.82 Å². The maximum atomic E-state index is 14.0. The van der Waals surface area contributed by atoms with Crippen LogP contribution in [-0.4, -0.2) is 27.8 Å². The van der Waals surface area contributed by atoms with Crippen LogP contribution in [0.4, 0.5) is 10.2 Å². The maximum absolute atomic E-state index is 14.0. The molecule has 0 aliphatic carbocycles. The summed E-state index contributed by atoms with van der Waals surface area (Å²) in [5.74, 6) is 0.207. The number of halogens is 1. The maximum Gasteiger partial charge on any atom is 0.245 e. The third-order valence-electron chi connectivity index (χ3n) is 4.10. The number of nitrogens with one attached hydrogen (secondary N) is 2. The Labute approximate surface area is 142 Å². The highest BCUT2D eigenvalue weighted by atomic mass is 19.1. The van der Waals surface area contributed by atoms with Gasteiger partial charge in [0.1, 0.15) is 18.1 Å². The number of benzene rings is 2. The Morgan fingerprint density at radius 3 is 2.96 bits per heavy atom. The molecule has 0 radical (unpaired) electrons. The summed E-state index contributed by atoms with van der Waals surface area (Å²) in [6, 6.07) is 12.2. The average Bonchev–Trinajstić information content (AvgIpc) is 3.20. The van der Waals surface area contributed by atoms with Gasteiger partial charge in [-0.15, -0.1) is 0 Å². The molecule has 2 aromatic carbocycles. The number of carbonyl (C=O) groups excluding carboxylic acids is 1. The molecule has 1 amide bonds. The van der Waals surface area contributed by atoms with Crippen molar-refractivity contribution in [3.05, 3.63) is 54.5 Å². The van der Waals surface area contributed by atoms with Gasteiger partial charge in [0.15, 0.2) is 5.82 Å². The number of fused-ring (bicyclic) bond motifs is 2. The fourth-order valence-electron chi connectivity index (χ4n) is 2.96. The molecule has 0 bridgehead atoms. The lowest BCUT2D eigenvalue weighted by atomic mass is 10.2. The zero-order chi connectivity index (χ0) is 17.4. The summed E-state index contributed by atoms with van der Waals surface area (Å²) < 4.78 is 21.1. The fourth-order valence-corrected chi connectivity index (χ4v) is 2.96. The molecule has 4 aromatic rings. The SMILES string of the molecule is COc1cccc2c1ccn2CC(=O)Nc1n[nH]c2cccc(F)c12. The van der Waals surface area contributed by atoms with Crippen LogP contribution in [0.1, 0.15) is 0 Å².